The van der Waals surface area contributed by atoms with Gasteiger partial charge < -0.3 is 10.6 Å². The number of amides is 2. The standard InChI is InChI=1S/C18H23N3O/c1-3-4-7-15-9-10-17(14(2)12-15)21-18(22)20-13-16-8-5-6-11-19-16/h5-6,8-12H,3-4,7,13H2,1-2H3,(H2,20,21,22). The van der Waals surface area contributed by atoms with Crippen molar-refractivity contribution in [1.29, 1.82) is 0 Å². The van der Waals surface area contributed by atoms with Crippen molar-refractivity contribution in [3.63, 3.8) is 0 Å². The van der Waals surface area contributed by atoms with E-state index in [0.717, 1.165) is 23.4 Å². The van der Waals surface area contributed by atoms with E-state index in [1.807, 2.05) is 31.2 Å². The molecular formula is C18H23N3O. The van der Waals surface area contributed by atoms with Gasteiger partial charge in [0.2, 0.25) is 0 Å². The summed E-state index contributed by atoms with van der Waals surface area (Å²) in [6, 6.07) is 11.6. The molecule has 4 heteroatoms. The van der Waals surface area contributed by atoms with Crippen LogP contribution in [0, 0.1) is 6.92 Å². The third-order valence-electron chi connectivity index (χ3n) is 3.51. The molecule has 0 bridgehead atoms. The molecule has 1 aromatic heterocycles. The Balaban J connectivity index is 1.88. The van der Waals surface area contributed by atoms with Crippen molar-refractivity contribution < 1.29 is 4.79 Å². The Labute approximate surface area is 132 Å². The topological polar surface area (TPSA) is 54.0 Å². The minimum atomic E-state index is -0.213. The molecule has 0 atom stereocenters. The molecule has 1 heterocycles. The lowest BCUT2D eigenvalue weighted by atomic mass is 10.0. The lowest BCUT2D eigenvalue weighted by molar-refractivity contribution is 0.251. The summed E-state index contributed by atoms with van der Waals surface area (Å²) in [5, 5.41) is 5.70. The molecule has 2 N–H and O–H groups in total. The maximum absolute atomic E-state index is 11.9. The summed E-state index contributed by atoms with van der Waals surface area (Å²) >= 11 is 0. The summed E-state index contributed by atoms with van der Waals surface area (Å²) in [5.74, 6) is 0. The van der Waals surface area contributed by atoms with E-state index in [-0.39, 0.29) is 6.03 Å². The number of hydrogen-bond acceptors (Lipinski definition) is 2. The van der Waals surface area contributed by atoms with Crippen LogP contribution in [0.15, 0.2) is 42.6 Å². The van der Waals surface area contributed by atoms with Crippen LogP contribution >= 0.6 is 0 Å². The van der Waals surface area contributed by atoms with Crippen LogP contribution in [0.2, 0.25) is 0 Å². The van der Waals surface area contributed by atoms with Gasteiger partial charge in [-0.05, 0) is 49.1 Å². The number of carbonyl (C=O) groups excluding carboxylic acids is 1. The second-order valence-electron chi connectivity index (χ2n) is 5.38. The van der Waals surface area contributed by atoms with Gasteiger partial charge in [0.15, 0.2) is 0 Å². The van der Waals surface area contributed by atoms with Crippen LogP contribution in [0.1, 0.15) is 36.6 Å². The highest BCUT2D eigenvalue weighted by molar-refractivity contribution is 5.90. The van der Waals surface area contributed by atoms with Gasteiger partial charge in [-0.3, -0.25) is 4.98 Å². The first-order valence-electron chi connectivity index (χ1n) is 7.73. The summed E-state index contributed by atoms with van der Waals surface area (Å²) in [5.41, 5.74) is 4.09. The zero-order valence-corrected chi connectivity index (χ0v) is 13.2. The van der Waals surface area contributed by atoms with Gasteiger partial charge in [-0.15, -0.1) is 0 Å². The fourth-order valence-corrected chi connectivity index (χ4v) is 2.24. The highest BCUT2D eigenvalue weighted by Crippen LogP contribution is 2.17. The average molecular weight is 297 g/mol. The molecular weight excluding hydrogens is 274 g/mol. The molecule has 4 nitrogen and oxygen atoms in total. The molecule has 0 saturated heterocycles. The number of benzene rings is 1. The molecule has 116 valence electrons. The number of nitrogens with zero attached hydrogens (tertiary/aromatic N) is 1. The monoisotopic (exact) mass is 297 g/mol. The fourth-order valence-electron chi connectivity index (χ4n) is 2.24. The van der Waals surface area contributed by atoms with Crippen LogP contribution in [0.3, 0.4) is 0 Å². The Morgan fingerprint density at radius 1 is 1.23 bits per heavy atom. The van der Waals surface area contributed by atoms with E-state index in [1.165, 1.54) is 18.4 Å². The van der Waals surface area contributed by atoms with E-state index < -0.39 is 0 Å². The first-order chi connectivity index (χ1) is 10.7. The first kappa shape index (κ1) is 16.0. The highest BCUT2D eigenvalue weighted by Gasteiger charge is 2.05. The van der Waals surface area contributed by atoms with Crippen molar-refractivity contribution in [3.05, 3.63) is 59.4 Å². The quantitative estimate of drug-likeness (QED) is 0.845. The molecule has 0 aliphatic heterocycles. The summed E-state index contributed by atoms with van der Waals surface area (Å²) in [7, 11) is 0. The van der Waals surface area contributed by atoms with Crippen LogP contribution in [-0.2, 0) is 13.0 Å². The van der Waals surface area contributed by atoms with Gasteiger partial charge in [0.25, 0.3) is 0 Å². The maximum Gasteiger partial charge on any atom is 0.319 e. The van der Waals surface area contributed by atoms with Crippen molar-refractivity contribution in [2.75, 3.05) is 5.32 Å². The van der Waals surface area contributed by atoms with Gasteiger partial charge in [-0.25, -0.2) is 4.79 Å². The van der Waals surface area contributed by atoms with Crippen molar-refractivity contribution in [3.8, 4) is 0 Å². The molecule has 1 aromatic carbocycles. The number of aromatic nitrogens is 1. The van der Waals surface area contributed by atoms with Gasteiger partial charge in [0.1, 0.15) is 0 Å². The summed E-state index contributed by atoms with van der Waals surface area (Å²) in [6.07, 6.45) is 5.18. The van der Waals surface area contributed by atoms with E-state index in [2.05, 4.69) is 34.7 Å². The molecule has 22 heavy (non-hydrogen) atoms. The largest absolute Gasteiger partial charge is 0.332 e. The number of anilines is 1. The third-order valence-corrected chi connectivity index (χ3v) is 3.51. The normalized spacial score (nSPS) is 10.3. The van der Waals surface area contributed by atoms with Crippen molar-refractivity contribution >= 4 is 11.7 Å². The summed E-state index contributed by atoms with van der Waals surface area (Å²) in [4.78, 5) is 16.1. The number of unbranched alkanes of at least 4 members (excludes halogenated alkanes) is 1. The second kappa shape index (κ2) is 8.17. The summed E-state index contributed by atoms with van der Waals surface area (Å²) in [6.45, 7) is 4.62. The predicted octanol–water partition coefficient (Wildman–Crippen LogP) is 4.05. The Kier molecular flexibility index (Phi) is 5.95. The zero-order valence-electron chi connectivity index (χ0n) is 13.2. The third kappa shape index (κ3) is 4.88. The van der Waals surface area contributed by atoms with Crippen LogP contribution in [-0.4, -0.2) is 11.0 Å². The minimum Gasteiger partial charge on any atom is -0.332 e. The minimum absolute atomic E-state index is 0.213. The number of hydrogen-bond donors (Lipinski definition) is 2. The van der Waals surface area contributed by atoms with Crippen molar-refractivity contribution in [1.82, 2.24) is 10.3 Å². The molecule has 0 aliphatic rings. The van der Waals surface area contributed by atoms with E-state index in [1.54, 1.807) is 6.20 Å². The molecule has 0 spiro atoms. The Morgan fingerprint density at radius 2 is 2.09 bits per heavy atom. The number of urea groups is 1. The van der Waals surface area contributed by atoms with Crippen LogP contribution in [0.4, 0.5) is 10.5 Å². The van der Waals surface area contributed by atoms with Crippen molar-refractivity contribution in [2.24, 2.45) is 0 Å². The first-order valence-corrected chi connectivity index (χ1v) is 7.73. The van der Waals surface area contributed by atoms with Gasteiger partial charge >= 0.3 is 6.03 Å². The van der Waals surface area contributed by atoms with E-state index in [0.29, 0.717) is 6.54 Å². The highest BCUT2D eigenvalue weighted by atomic mass is 16.2. The predicted molar refractivity (Wildman–Crippen MR) is 89.9 cm³/mol. The molecule has 2 rings (SSSR count). The number of nitrogens with one attached hydrogen (secondary N) is 2. The Hall–Kier alpha value is -2.36. The van der Waals surface area contributed by atoms with Gasteiger partial charge in [0.05, 0.1) is 12.2 Å². The molecule has 0 aliphatic carbocycles. The molecule has 0 saturated carbocycles. The number of aryl methyl sites for hydroxylation is 2. The lowest BCUT2D eigenvalue weighted by Gasteiger charge is -2.11. The van der Waals surface area contributed by atoms with Gasteiger partial charge in [0, 0.05) is 11.9 Å². The molecule has 0 unspecified atom stereocenters. The molecule has 0 radical (unpaired) electrons. The zero-order chi connectivity index (χ0) is 15.8. The molecule has 2 amide bonds. The van der Waals surface area contributed by atoms with Gasteiger partial charge in [-0.2, -0.15) is 0 Å². The van der Waals surface area contributed by atoms with Crippen molar-refractivity contribution in [2.45, 2.75) is 39.7 Å². The molecule has 0 fully saturated rings. The molecule has 2 aromatic rings. The van der Waals surface area contributed by atoms with E-state index in [4.69, 9.17) is 0 Å². The van der Waals surface area contributed by atoms with Gasteiger partial charge in [-0.1, -0.05) is 31.5 Å². The van der Waals surface area contributed by atoms with Crippen LogP contribution in [0.5, 0.6) is 0 Å². The fraction of sp³-hybridized carbons (Fsp3) is 0.333. The summed E-state index contributed by atoms with van der Waals surface area (Å²) < 4.78 is 0. The van der Waals surface area contributed by atoms with E-state index >= 15 is 0 Å². The lowest BCUT2D eigenvalue weighted by Crippen LogP contribution is -2.28. The Bertz CT molecular complexity index is 611. The maximum atomic E-state index is 11.9. The Morgan fingerprint density at radius 3 is 2.77 bits per heavy atom. The number of carbonyl (C=O) groups is 1. The SMILES string of the molecule is CCCCc1ccc(NC(=O)NCc2ccccn2)c(C)c1. The second-order valence-corrected chi connectivity index (χ2v) is 5.38. The number of pyridine rings is 1. The average Bonchev–Trinajstić information content (AvgIpc) is 2.54. The smallest absolute Gasteiger partial charge is 0.319 e. The van der Waals surface area contributed by atoms with Crippen LogP contribution < -0.4 is 10.6 Å². The number of rotatable bonds is 6. The van der Waals surface area contributed by atoms with E-state index in [9.17, 15) is 4.79 Å². The van der Waals surface area contributed by atoms with Crippen LogP contribution in [0.25, 0.3) is 0 Å².